The van der Waals surface area contributed by atoms with Crippen molar-refractivity contribution in [3.63, 3.8) is 0 Å². The normalized spacial score (nSPS) is 15.1. The van der Waals surface area contributed by atoms with Crippen LogP contribution in [0.25, 0.3) is 11.3 Å². The lowest BCUT2D eigenvalue weighted by molar-refractivity contribution is -0.139. The van der Waals surface area contributed by atoms with Crippen LogP contribution in [0.15, 0.2) is 60.7 Å². The summed E-state index contributed by atoms with van der Waals surface area (Å²) in [6.07, 6.45) is 0.748. The summed E-state index contributed by atoms with van der Waals surface area (Å²) in [7, 11) is 0. The van der Waals surface area contributed by atoms with E-state index in [0.29, 0.717) is 37.4 Å². The molecule has 1 amide bonds. The first-order valence-electron chi connectivity index (χ1n) is 11.5. The fourth-order valence-corrected chi connectivity index (χ4v) is 4.16. The minimum Gasteiger partial charge on any atom is -0.481 e. The van der Waals surface area contributed by atoms with E-state index in [4.69, 9.17) is 9.47 Å². The highest BCUT2D eigenvalue weighted by molar-refractivity contribution is 5.88. The average molecular weight is 466 g/mol. The fraction of sp³-hybridized carbons (Fsp3) is 0.346. The minimum atomic E-state index is -0.589. The molecule has 1 atom stereocenters. The lowest BCUT2D eigenvalue weighted by Gasteiger charge is -2.34. The van der Waals surface area contributed by atoms with Crippen molar-refractivity contribution in [1.29, 1.82) is 0 Å². The third kappa shape index (κ3) is 5.27. The number of hydrogen-bond acceptors (Lipinski definition) is 5. The number of hydrogen-bond donors (Lipinski definition) is 0. The van der Waals surface area contributed by atoms with Crippen molar-refractivity contribution in [2.45, 2.75) is 38.8 Å². The number of esters is 1. The molecule has 34 heavy (non-hydrogen) atoms. The molecule has 1 aliphatic heterocycles. The molecule has 2 aromatic carbocycles. The molecule has 0 bridgehead atoms. The first-order valence-corrected chi connectivity index (χ1v) is 11.5. The molecule has 2 heterocycles. The molecule has 1 fully saturated rings. The second-order valence-electron chi connectivity index (χ2n) is 8.22. The number of carbonyl (C=O) groups is 2. The van der Waals surface area contributed by atoms with Crippen molar-refractivity contribution < 1.29 is 23.5 Å². The standard InChI is InChI=1S/C26H28FN3O4/c1-3-33-26(32)23-17-24(19-9-11-20(27)12-10-19)30(28-23)21-13-15-29(16-14-21)25(31)18(2)34-22-7-5-4-6-8-22/h4-12,17-18,21H,3,13-16H2,1-2H3/t18-/m0/s1. The molecule has 0 radical (unpaired) electrons. The van der Waals surface area contributed by atoms with Gasteiger partial charge in [0, 0.05) is 18.7 Å². The Morgan fingerprint density at radius 1 is 1.09 bits per heavy atom. The zero-order valence-electron chi connectivity index (χ0n) is 19.3. The van der Waals surface area contributed by atoms with Gasteiger partial charge in [0.15, 0.2) is 11.8 Å². The van der Waals surface area contributed by atoms with Gasteiger partial charge in [-0.3, -0.25) is 9.48 Å². The Morgan fingerprint density at radius 3 is 2.41 bits per heavy atom. The van der Waals surface area contributed by atoms with Crippen LogP contribution in [0.2, 0.25) is 0 Å². The number of benzene rings is 2. The molecule has 1 saturated heterocycles. The van der Waals surface area contributed by atoms with E-state index in [1.165, 1.54) is 12.1 Å². The number of para-hydroxylation sites is 1. The fourth-order valence-electron chi connectivity index (χ4n) is 4.16. The van der Waals surface area contributed by atoms with Gasteiger partial charge in [0.2, 0.25) is 0 Å². The van der Waals surface area contributed by atoms with Gasteiger partial charge >= 0.3 is 5.97 Å². The molecule has 0 spiro atoms. The van der Waals surface area contributed by atoms with Crippen LogP contribution >= 0.6 is 0 Å². The van der Waals surface area contributed by atoms with Crippen molar-refractivity contribution in [1.82, 2.24) is 14.7 Å². The molecule has 1 aromatic heterocycles. The third-order valence-electron chi connectivity index (χ3n) is 5.89. The van der Waals surface area contributed by atoms with Crippen LogP contribution in [0, 0.1) is 5.82 Å². The van der Waals surface area contributed by atoms with Gasteiger partial charge < -0.3 is 14.4 Å². The molecular weight excluding hydrogens is 437 g/mol. The number of carbonyl (C=O) groups excluding carboxylic acids is 2. The van der Waals surface area contributed by atoms with Crippen molar-refractivity contribution >= 4 is 11.9 Å². The van der Waals surface area contributed by atoms with Gasteiger partial charge in [-0.1, -0.05) is 18.2 Å². The first kappa shape index (κ1) is 23.5. The highest BCUT2D eigenvalue weighted by Gasteiger charge is 2.30. The summed E-state index contributed by atoms with van der Waals surface area (Å²) in [5.74, 6) is -0.234. The number of likely N-dealkylation sites (tertiary alicyclic amines) is 1. The summed E-state index contributed by atoms with van der Waals surface area (Å²) < 4.78 is 26.2. The summed E-state index contributed by atoms with van der Waals surface area (Å²) in [5, 5.41) is 4.53. The zero-order chi connectivity index (χ0) is 24.1. The van der Waals surface area contributed by atoms with Crippen LogP contribution in [0.3, 0.4) is 0 Å². The molecule has 0 saturated carbocycles. The molecule has 7 nitrogen and oxygen atoms in total. The van der Waals surface area contributed by atoms with Gasteiger partial charge in [-0.05, 0) is 69.2 Å². The number of aromatic nitrogens is 2. The number of nitrogens with zero attached hydrogens (tertiary/aromatic N) is 3. The SMILES string of the molecule is CCOC(=O)c1cc(-c2ccc(F)cc2)n(C2CCN(C(=O)[C@H](C)Oc3ccccc3)CC2)n1. The lowest BCUT2D eigenvalue weighted by atomic mass is 10.0. The third-order valence-corrected chi connectivity index (χ3v) is 5.89. The molecule has 1 aliphatic rings. The highest BCUT2D eigenvalue weighted by Crippen LogP contribution is 2.30. The molecule has 8 heteroatoms. The average Bonchev–Trinajstić information content (AvgIpc) is 3.30. The van der Waals surface area contributed by atoms with E-state index in [2.05, 4.69) is 5.10 Å². The van der Waals surface area contributed by atoms with Crippen LogP contribution in [-0.4, -0.2) is 52.4 Å². The molecule has 3 aromatic rings. The maximum absolute atomic E-state index is 13.5. The lowest BCUT2D eigenvalue weighted by Crippen LogP contribution is -2.45. The van der Waals surface area contributed by atoms with E-state index in [1.807, 2.05) is 35.0 Å². The Hall–Kier alpha value is -3.68. The molecule has 0 aliphatic carbocycles. The van der Waals surface area contributed by atoms with Gasteiger partial charge in [-0.2, -0.15) is 5.10 Å². The second-order valence-corrected chi connectivity index (χ2v) is 8.22. The number of ether oxygens (including phenoxy) is 2. The summed E-state index contributed by atoms with van der Waals surface area (Å²) in [6.45, 7) is 4.84. The zero-order valence-corrected chi connectivity index (χ0v) is 19.3. The Bertz CT molecular complexity index is 1120. The second kappa shape index (κ2) is 10.5. The van der Waals surface area contributed by atoms with Crippen molar-refractivity contribution in [2.75, 3.05) is 19.7 Å². The van der Waals surface area contributed by atoms with Crippen LogP contribution < -0.4 is 4.74 Å². The van der Waals surface area contributed by atoms with E-state index in [1.54, 1.807) is 36.9 Å². The number of rotatable bonds is 7. The van der Waals surface area contributed by atoms with E-state index < -0.39 is 12.1 Å². The predicted molar refractivity (Wildman–Crippen MR) is 125 cm³/mol. The largest absolute Gasteiger partial charge is 0.481 e. The summed E-state index contributed by atoms with van der Waals surface area (Å²) in [5.41, 5.74) is 1.69. The van der Waals surface area contributed by atoms with Crippen molar-refractivity contribution in [2.24, 2.45) is 0 Å². The van der Waals surface area contributed by atoms with Crippen LogP contribution in [0.1, 0.15) is 43.2 Å². The molecule has 0 N–H and O–H groups in total. The van der Waals surface area contributed by atoms with Crippen molar-refractivity contribution in [3.8, 4) is 17.0 Å². The quantitative estimate of drug-likeness (QED) is 0.481. The highest BCUT2D eigenvalue weighted by atomic mass is 19.1. The maximum atomic E-state index is 13.5. The van der Waals surface area contributed by atoms with Gasteiger partial charge in [0.05, 0.1) is 18.3 Å². The number of piperidine rings is 1. The van der Waals surface area contributed by atoms with Crippen LogP contribution in [0.5, 0.6) is 5.75 Å². The Labute approximate surface area is 198 Å². The Kier molecular flexibility index (Phi) is 7.25. The maximum Gasteiger partial charge on any atom is 0.358 e. The molecule has 4 rings (SSSR count). The van der Waals surface area contributed by atoms with E-state index >= 15 is 0 Å². The van der Waals surface area contributed by atoms with E-state index in [-0.39, 0.29) is 30.1 Å². The molecule has 178 valence electrons. The summed E-state index contributed by atoms with van der Waals surface area (Å²) >= 11 is 0. The summed E-state index contributed by atoms with van der Waals surface area (Å²) in [6, 6.07) is 17.0. The Morgan fingerprint density at radius 2 is 1.76 bits per heavy atom. The molecule has 0 unspecified atom stereocenters. The smallest absolute Gasteiger partial charge is 0.358 e. The van der Waals surface area contributed by atoms with Crippen LogP contribution in [-0.2, 0) is 9.53 Å². The predicted octanol–water partition coefficient (Wildman–Crippen LogP) is 4.50. The number of halogens is 1. The van der Waals surface area contributed by atoms with Gasteiger partial charge in [-0.25, -0.2) is 9.18 Å². The van der Waals surface area contributed by atoms with Crippen LogP contribution in [0.4, 0.5) is 4.39 Å². The minimum absolute atomic E-state index is 0.0161. The topological polar surface area (TPSA) is 73.7 Å². The van der Waals surface area contributed by atoms with E-state index in [9.17, 15) is 14.0 Å². The molecular formula is C26H28FN3O4. The Balaban J connectivity index is 1.48. The van der Waals surface area contributed by atoms with E-state index in [0.717, 1.165) is 5.56 Å². The van der Waals surface area contributed by atoms with Gasteiger partial charge in [0.25, 0.3) is 5.91 Å². The van der Waals surface area contributed by atoms with Gasteiger partial charge in [-0.15, -0.1) is 0 Å². The monoisotopic (exact) mass is 465 g/mol. The summed E-state index contributed by atoms with van der Waals surface area (Å²) in [4.78, 5) is 27.0. The first-order chi connectivity index (χ1) is 16.5. The number of amides is 1. The van der Waals surface area contributed by atoms with Crippen molar-refractivity contribution in [3.05, 3.63) is 72.2 Å². The van der Waals surface area contributed by atoms with Gasteiger partial charge in [0.1, 0.15) is 11.6 Å².